The molecule has 0 radical (unpaired) electrons. The van der Waals surface area contributed by atoms with Crippen LogP contribution in [-0.4, -0.2) is 39.9 Å². The normalized spacial score (nSPS) is 24.6. The van der Waals surface area contributed by atoms with Gasteiger partial charge in [0.15, 0.2) is 0 Å². The largest absolute Gasteiger partial charge is 0.378 e. The first-order valence-corrected chi connectivity index (χ1v) is 7.14. The highest BCUT2D eigenvalue weighted by atomic mass is 19.3. The number of methoxy groups -OCH3 is 1. The Balaban J connectivity index is 1.74. The van der Waals surface area contributed by atoms with Crippen LogP contribution in [0.1, 0.15) is 37.3 Å². The van der Waals surface area contributed by atoms with E-state index in [4.69, 9.17) is 4.74 Å². The molecule has 1 aliphatic carbocycles. The van der Waals surface area contributed by atoms with E-state index in [2.05, 4.69) is 4.98 Å². The molecule has 1 aromatic heterocycles. The monoisotopic (exact) mass is 299 g/mol. The quantitative estimate of drug-likeness (QED) is 0.857. The molecule has 0 aromatic carbocycles. The van der Waals surface area contributed by atoms with Crippen LogP contribution in [0.5, 0.6) is 0 Å². The Kier molecular flexibility index (Phi) is 3.47. The lowest BCUT2D eigenvalue weighted by molar-refractivity contribution is -0.162. The molecule has 116 valence electrons. The summed E-state index contributed by atoms with van der Waals surface area (Å²) in [6, 6.07) is -0.189. The van der Waals surface area contributed by atoms with Gasteiger partial charge in [0.2, 0.25) is 11.8 Å². The first-order valence-electron chi connectivity index (χ1n) is 7.14. The highest BCUT2D eigenvalue weighted by Crippen LogP contribution is 2.44. The van der Waals surface area contributed by atoms with Crippen molar-refractivity contribution in [2.75, 3.05) is 13.7 Å². The first-order chi connectivity index (χ1) is 9.93. The van der Waals surface area contributed by atoms with E-state index in [1.54, 1.807) is 18.2 Å². The van der Waals surface area contributed by atoms with Crippen molar-refractivity contribution in [3.05, 3.63) is 17.7 Å². The molecule has 0 bridgehead atoms. The van der Waals surface area contributed by atoms with Crippen LogP contribution >= 0.6 is 0 Å². The Morgan fingerprint density at radius 3 is 2.81 bits per heavy atom. The van der Waals surface area contributed by atoms with Crippen LogP contribution in [0, 0.1) is 5.92 Å². The Hall–Kier alpha value is -1.50. The van der Waals surface area contributed by atoms with E-state index in [0.717, 1.165) is 11.5 Å². The number of hydrogen-bond donors (Lipinski definition) is 0. The number of fused-ring (bicyclic) bond motifs is 1. The van der Waals surface area contributed by atoms with Gasteiger partial charge in [0, 0.05) is 39.0 Å². The maximum atomic E-state index is 12.9. The number of hydrogen-bond acceptors (Lipinski definition) is 3. The van der Waals surface area contributed by atoms with Gasteiger partial charge in [-0.1, -0.05) is 0 Å². The zero-order chi connectivity index (χ0) is 15.2. The van der Waals surface area contributed by atoms with Gasteiger partial charge in [-0.3, -0.25) is 4.79 Å². The molecule has 5 nitrogen and oxygen atoms in total. The van der Waals surface area contributed by atoms with Crippen LogP contribution in [0.25, 0.3) is 0 Å². The second-order valence-corrected chi connectivity index (χ2v) is 5.86. The van der Waals surface area contributed by atoms with Crippen molar-refractivity contribution in [3.63, 3.8) is 0 Å². The molecule has 0 saturated heterocycles. The van der Waals surface area contributed by atoms with Crippen LogP contribution in [0.3, 0.4) is 0 Å². The summed E-state index contributed by atoms with van der Waals surface area (Å²) in [4.78, 5) is 18.4. The van der Waals surface area contributed by atoms with Crippen molar-refractivity contribution in [3.8, 4) is 0 Å². The second kappa shape index (κ2) is 5.05. The number of alkyl halides is 2. The summed E-state index contributed by atoms with van der Waals surface area (Å²) in [5, 5.41) is 0. The molecular formula is C14H19F2N3O2. The third-order valence-corrected chi connectivity index (χ3v) is 4.39. The number of aromatic nitrogens is 2. The van der Waals surface area contributed by atoms with E-state index in [1.165, 1.54) is 0 Å². The smallest absolute Gasteiger partial charge is 0.249 e. The summed E-state index contributed by atoms with van der Waals surface area (Å²) >= 11 is 0. The average molecular weight is 299 g/mol. The number of nitrogens with zero attached hydrogens (tertiary/aromatic N) is 3. The van der Waals surface area contributed by atoms with Crippen molar-refractivity contribution in [1.82, 2.24) is 14.5 Å². The highest BCUT2D eigenvalue weighted by molar-refractivity contribution is 5.80. The van der Waals surface area contributed by atoms with Crippen molar-refractivity contribution in [2.45, 2.75) is 44.9 Å². The minimum Gasteiger partial charge on any atom is -0.378 e. The van der Waals surface area contributed by atoms with Crippen LogP contribution in [-0.2, 0) is 22.7 Å². The summed E-state index contributed by atoms with van der Waals surface area (Å²) in [6.45, 7) is 3.53. The number of carbonyl (C=O) groups is 1. The Morgan fingerprint density at radius 1 is 1.48 bits per heavy atom. The second-order valence-electron chi connectivity index (χ2n) is 5.86. The molecule has 0 N–H and O–H groups in total. The lowest BCUT2D eigenvalue weighted by Gasteiger charge is -2.41. The summed E-state index contributed by atoms with van der Waals surface area (Å²) in [5.74, 6) is -2.57. The molecule has 21 heavy (non-hydrogen) atoms. The number of ether oxygens (including phenoxy) is 1. The zero-order valence-electron chi connectivity index (χ0n) is 12.2. The summed E-state index contributed by atoms with van der Waals surface area (Å²) < 4.78 is 33.1. The SMILES string of the molecule is COCc1cnc2n1CCN(C(=O)C1CC(F)(F)C1)[C@H]2C. The molecule has 2 heterocycles. The molecule has 1 atom stereocenters. The first kappa shape index (κ1) is 14.4. The van der Waals surface area contributed by atoms with E-state index in [-0.39, 0.29) is 24.8 Å². The number of amides is 1. The number of imidazole rings is 1. The fourth-order valence-electron chi connectivity index (χ4n) is 3.19. The summed E-state index contributed by atoms with van der Waals surface area (Å²) in [6.07, 6.45) is 1.11. The number of carbonyl (C=O) groups excluding carboxylic acids is 1. The molecule has 3 rings (SSSR count). The zero-order valence-corrected chi connectivity index (χ0v) is 12.2. The fourth-order valence-corrected chi connectivity index (χ4v) is 3.19. The van der Waals surface area contributed by atoms with Gasteiger partial charge in [-0.15, -0.1) is 0 Å². The van der Waals surface area contributed by atoms with Crippen LogP contribution in [0.15, 0.2) is 6.20 Å². The maximum absolute atomic E-state index is 12.9. The molecule has 0 unspecified atom stereocenters. The molecule has 1 aromatic rings. The standard InChI is InChI=1S/C14H19F2N3O2/c1-9-12-17-7-11(8-21-2)19(12)4-3-18(9)13(20)10-5-14(15,16)6-10/h7,9-10H,3-6,8H2,1-2H3/t9-/m0/s1. The van der Waals surface area contributed by atoms with Gasteiger partial charge in [0.1, 0.15) is 5.82 Å². The molecule has 1 saturated carbocycles. The predicted octanol–water partition coefficient (Wildman–Crippen LogP) is 1.98. The highest BCUT2D eigenvalue weighted by Gasteiger charge is 2.50. The van der Waals surface area contributed by atoms with Crippen molar-refractivity contribution in [2.24, 2.45) is 5.92 Å². The fraction of sp³-hybridized carbons (Fsp3) is 0.714. The van der Waals surface area contributed by atoms with Crippen molar-refractivity contribution >= 4 is 5.91 Å². The minimum absolute atomic E-state index is 0.170. The Morgan fingerprint density at radius 2 is 2.19 bits per heavy atom. The Bertz CT molecular complexity index is 550. The number of rotatable bonds is 3. The third kappa shape index (κ3) is 2.43. The topological polar surface area (TPSA) is 47.4 Å². The van der Waals surface area contributed by atoms with Gasteiger partial charge in [-0.2, -0.15) is 0 Å². The van der Waals surface area contributed by atoms with Gasteiger partial charge in [-0.25, -0.2) is 13.8 Å². The Labute approximate surface area is 121 Å². The van der Waals surface area contributed by atoms with Gasteiger partial charge in [0.25, 0.3) is 0 Å². The summed E-state index contributed by atoms with van der Waals surface area (Å²) in [5.41, 5.74) is 0.974. The van der Waals surface area contributed by atoms with Gasteiger partial charge in [0.05, 0.1) is 24.5 Å². The lowest BCUT2D eigenvalue weighted by Crippen LogP contribution is -2.50. The summed E-state index contributed by atoms with van der Waals surface area (Å²) in [7, 11) is 1.62. The lowest BCUT2D eigenvalue weighted by atomic mass is 9.80. The van der Waals surface area contributed by atoms with E-state index in [9.17, 15) is 13.6 Å². The van der Waals surface area contributed by atoms with Crippen LogP contribution in [0.4, 0.5) is 8.78 Å². The van der Waals surface area contributed by atoms with E-state index >= 15 is 0 Å². The van der Waals surface area contributed by atoms with Crippen molar-refractivity contribution < 1.29 is 18.3 Å². The molecule has 0 spiro atoms. The molecule has 1 amide bonds. The maximum Gasteiger partial charge on any atom is 0.249 e. The predicted molar refractivity (Wildman–Crippen MR) is 70.7 cm³/mol. The number of halogens is 2. The average Bonchev–Trinajstić information content (AvgIpc) is 2.80. The van der Waals surface area contributed by atoms with Crippen molar-refractivity contribution in [1.29, 1.82) is 0 Å². The van der Waals surface area contributed by atoms with E-state index in [1.807, 2.05) is 11.5 Å². The van der Waals surface area contributed by atoms with E-state index < -0.39 is 11.8 Å². The molecular weight excluding hydrogens is 280 g/mol. The molecule has 1 fully saturated rings. The minimum atomic E-state index is -2.66. The third-order valence-electron chi connectivity index (χ3n) is 4.39. The molecule has 7 heteroatoms. The van der Waals surface area contributed by atoms with Gasteiger partial charge >= 0.3 is 0 Å². The molecule has 1 aliphatic heterocycles. The van der Waals surface area contributed by atoms with Gasteiger partial charge < -0.3 is 14.2 Å². The van der Waals surface area contributed by atoms with E-state index in [0.29, 0.717) is 19.7 Å². The van der Waals surface area contributed by atoms with Crippen LogP contribution in [0.2, 0.25) is 0 Å². The molecule has 2 aliphatic rings. The van der Waals surface area contributed by atoms with Crippen LogP contribution < -0.4 is 0 Å². The van der Waals surface area contributed by atoms with Gasteiger partial charge in [-0.05, 0) is 6.92 Å².